The van der Waals surface area contributed by atoms with Gasteiger partial charge in [0, 0.05) is 33.8 Å². The lowest BCUT2D eigenvalue weighted by Crippen LogP contribution is -1.97. The van der Waals surface area contributed by atoms with E-state index in [2.05, 4.69) is 158 Å². The number of hydrogen-bond donors (Lipinski definition) is 0. The van der Waals surface area contributed by atoms with Crippen molar-refractivity contribution in [3.05, 3.63) is 200 Å². The molecule has 0 fully saturated rings. The lowest BCUT2D eigenvalue weighted by Gasteiger charge is -2.15. The third kappa shape index (κ3) is 5.83. The predicted octanol–water partition coefficient (Wildman–Crippen LogP) is 14.1. The van der Waals surface area contributed by atoms with Crippen molar-refractivity contribution in [3.8, 4) is 67.3 Å². The minimum absolute atomic E-state index is 0.638. The van der Waals surface area contributed by atoms with Gasteiger partial charge in [-0.05, 0) is 104 Å². The van der Waals surface area contributed by atoms with Crippen molar-refractivity contribution in [3.63, 3.8) is 0 Å². The van der Waals surface area contributed by atoms with Gasteiger partial charge in [0.15, 0.2) is 11.4 Å². The zero-order valence-electron chi connectivity index (χ0n) is 30.8. The second-order valence-corrected chi connectivity index (χ2v) is 14.4. The minimum atomic E-state index is 0.638. The van der Waals surface area contributed by atoms with Gasteiger partial charge in [-0.15, -0.1) is 0 Å². The van der Waals surface area contributed by atoms with Gasteiger partial charge in [0.05, 0.1) is 11.4 Å². The van der Waals surface area contributed by atoms with Crippen LogP contribution in [0.3, 0.4) is 0 Å². The molecule has 11 rings (SSSR count). The molecular formula is C53H33N3O. The van der Waals surface area contributed by atoms with E-state index in [1.165, 1.54) is 21.5 Å². The smallest absolute Gasteiger partial charge is 0.161 e. The number of pyridine rings is 1. The molecule has 4 nitrogen and oxygen atoms in total. The maximum Gasteiger partial charge on any atom is 0.161 e. The van der Waals surface area contributed by atoms with Crippen LogP contribution in [0.4, 0.5) is 0 Å². The second-order valence-electron chi connectivity index (χ2n) is 14.4. The van der Waals surface area contributed by atoms with E-state index in [4.69, 9.17) is 19.4 Å². The summed E-state index contributed by atoms with van der Waals surface area (Å²) in [5.41, 5.74) is 13.5. The third-order valence-electron chi connectivity index (χ3n) is 10.9. The molecular weight excluding hydrogens is 695 g/mol. The molecule has 266 valence electrons. The summed E-state index contributed by atoms with van der Waals surface area (Å²) in [6.45, 7) is 0. The molecule has 8 aromatic carbocycles. The first-order chi connectivity index (χ1) is 28.2. The highest BCUT2D eigenvalue weighted by Gasteiger charge is 2.19. The summed E-state index contributed by atoms with van der Waals surface area (Å²) in [5.74, 6) is 0.638. The summed E-state index contributed by atoms with van der Waals surface area (Å²) in [6, 6.07) is 68.0. The molecule has 0 aliphatic rings. The van der Waals surface area contributed by atoms with E-state index in [0.717, 1.165) is 83.5 Å². The van der Waals surface area contributed by atoms with Crippen LogP contribution in [-0.4, -0.2) is 15.0 Å². The lowest BCUT2D eigenvalue weighted by molar-refractivity contribution is 0.669. The van der Waals surface area contributed by atoms with Crippen LogP contribution < -0.4 is 0 Å². The number of furan rings is 1. The topological polar surface area (TPSA) is 51.8 Å². The van der Waals surface area contributed by atoms with Crippen molar-refractivity contribution >= 4 is 43.6 Å². The molecule has 0 radical (unpaired) electrons. The molecule has 11 aromatic rings. The monoisotopic (exact) mass is 727 g/mol. The normalized spacial score (nSPS) is 11.5. The Hall–Kier alpha value is -7.69. The molecule has 0 spiro atoms. The molecule has 0 saturated heterocycles. The van der Waals surface area contributed by atoms with E-state index in [9.17, 15) is 0 Å². The quantitative estimate of drug-likeness (QED) is 0.160. The third-order valence-corrected chi connectivity index (χ3v) is 10.9. The molecule has 3 heterocycles. The Balaban J connectivity index is 1.18. The Morgan fingerprint density at radius 3 is 1.74 bits per heavy atom. The van der Waals surface area contributed by atoms with Gasteiger partial charge < -0.3 is 4.42 Å². The van der Waals surface area contributed by atoms with Crippen LogP contribution in [-0.2, 0) is 0 Å². The van der Waals surface area contributed by atoms with Crippen LogP contribution >= 0.6 is 0 Å². The fraction of sp³-hybridized carbons (Fsp3) is 0. The Morgan fingerprint density at radius 1 is 0.351 bits per heavy atom. The zero-order valence-corrected chi connectivity index (χ0v) is 30.8. The summed E-state index contributed by atoms with van der Waals surface area (Å²) < 4.78 is 6.56. The number of benzene rings is 8. The standard InChI is InChI=1S/C53H33N3O/c1-3-14-34(15-4-1)36-19-13-20-38(28-36)49-33-48(35-16-5-2-6-17-35)55-53(56-49)41-30-39(43-26-27-54-51-46-24-11-12-25-50(46)57-52(43)51)29-40(31-41)47-32-37-18-7-8-21-42(37)44-22-9-10-23-45(44)47/h1-33H. The van der Waals surface area contributed by atoms with E-state index < -0.39 is 0 Å². The molecule has 0 N–H and O–H groups in total. The van der Waals surface area contributed by atoms with Gasteiger partial charge in [0.25, 0.3) is 0 Å². The Bertz CT molecular complexity index is 3300. The van der Waals surface area contributed by atoms with Crippen molar-refractivity contribution in [1.82, 2.24) is 15.0 Å². The molecule has 0 bridgehead atoms. The number of para-hydroxylation sites is 1. The van der Waals surface area contributed by atoms with Gasteiger partial charge in [-0.1, -0.05) is 140 Å². The van der Waals surface area contributed by atoms with Crippen molar-refractivity contribution < 1.29 is 4.42 Å². The van der Waals surface area contributed by atoms with Crippen LogP contribution in [0.5, 0.6) is 0 Å². The Morgan fingerprint density at radius 2 is 0.930 bits per heavy atom. The summed E-state index contributed by atoms with van der Waals surface area (Å²) >= 11 is 0. The summed E-state index contributed by atoms with van der Waals surface area (Å²) in [5, 5.41) is 5.80. The maximum atomic E-state index is 6.56. The average molecular weight is 728 g/mol. The molecule has 0 amide bonds. The molecule has 4 heteroatoms. The van der Waals surface area contributed by atoms with Crippen LogP contribution in [0, 0.1) is 0 Å². The van der Waals surface area contributed by atoms with Crippen molar-refractivity contribution in [2.45, 2.75) is 0 Å². The van der Waals surface area contributed by atoms with Gasteiger partial charge in [0.1, 0.15) is 11.1 Å². The van der Waals surface area contributed by atoms with Crippen LogP contribution in [0.2, 0.25) is 0 Å². The predicted molar refractivity (Wildman–Crippen MR) is 235 cm³/mol. The fourth-order valence-corrected chi connectivity index (χ4v) is 8.16. The minimum Gasteiger partial charge on any atom is -0.454 e. The first-order valence-corrected chi connectivity index (χ1v) is 19.2. The number of fused-ring (bicyclic) bond motifs is 6. The molecule has 0 aliphatic heterocycles. The number of aromatic nitrogens is 3. The highest BCUT2D eigenvalue weighted by molar-refractivity contribution is 6.14. The van der Waals surface area contributed by atoms with Gasteiger partial charge in [-0.3, -0.25) is 4.98 Å². The molecule has 57 heavy (non-hydrogen) atoms. The molecule has 0 atom stereocenters. The van der Waals surface area contributed by atoms with E-state index in [1.54, 1.807) is 0 Å². The van der Waals surface area contributed by atoms with Crippen LogP contribution in [0.25, 0.3) is 111 Å². The maximum absolute atomic E-state index is 6.56. The van der Waals surface area contributed by atoms with E-state index >= 15 is 0 Å². The summed E-state index contributed by atoms with van der Waals surface area (Å²) in [6.07, 6.45) is 1.88. The van der Waals surface area contributed by atoms with Crippen molar-refractivity contribution in [2.75, 3.05) is 0 Å². The molecule has 0 aliphatic carbocycles. The lowest BCUT2D eigenvalue weighted by atomic mass is 9.90. The van der Waals surface area contributed by atoms with Crippen molar-refractivity contribution in [1.29, 1.82) is 0 Å². The van der Waals surface area contributed by atoms with Crippen LogP contribution in [0.15, 0.2) is 205 Å². The average Bonchev–Trinajstić information content (AvgIpc) is 3.68. The number of hydrogen-bond acceptors (Lipinski definition) is 4. The van der Waals surface area contributed by atoms with Gasteiger partial charge in [-0.25, -0.2) is 9.97 Å². The molecule has 0 unspecified atom stereocenters. The summed E-state index contributed by atoms with van der Waals surface area (Å²) in [4.78, 5) is 15.5. The molecule has 3 aromatic heterocycles. The second kappa shape index (κ2) is 13.6. The highest BCUT2D eigenvalue weighted by Crippen LogP contribution is 2.41. The Labute approximate surface area is 329 Å². The van der Waals surface area contributed by atoms with Crippen molar-refractivity contribution in [2.24, 2.45) is 0 Å². The van der Waals surface area contributed by atoms with Gasteiger partial charge >= 0.3 is 0 Å². The Kier molecular flexibility index (Phi) is 7.78. The van der Waals surface area contributed by atoms with E-state index in [1.807, 2.05) is 42.6 Å². The van der Waals surface area contributed by atoms with E-state index in [-0.39, 0.29) is 0 Å². The highest BCUT2D eigenvalue weighted by atomic mass is 16.3. The largest absolute Gasteiger partial charge is 0.454 e. The van der Waals surface area contributed by atoms with E-state index in [0.29, 0.717) is 5.82 Å². The first-order valence-electron chi connectivity index (χ1n) is 19.2. The van der Waals surface area contributed by atoms with Crippen LogP contribution in [0.1, 0.15) is 0 Å². The molecule has 0 saturated carbocycles. The number of nitrogens with zero attached hydrogens (tertiary/aromatic N) is 3. The SMILES string of the molecule is c1ccc(-c2cccc(-c3cc(-c4ccccc4)nc(-c4cc(-c5cc6ccccc6c6ccccc56)cc(-c5ccnc6c5oc5ccccc56)c4)n3)c2)cc1. The van der Waals surface area contributed by atoms with Gasteiger partial charge in [-0.2, -0.15) is 0 Å². The zero-order chi connectivity index (χ0) is 37.7. The van der Waals surface area contributed by atoms with Gasteiger partial charge in [0.2, 0.25) is 0 Å². The summed E-state index contributed by atoms with van der Waals surface area (Å²) in [7, 11) is 0. The first kappa shape index (κ1) is 32.7. The fourth-order valence-electron chi connectivity index (χ4n) is 8.16. The number of rotatable bonds is 6.